The monoisotopic (exact) mass is 298 g/mol. The van der Waals surface area contributed by atoms with Crippen molar-refractivity contribution in [1.82, 2.24) is 5.32 Å². The molecule has 112 valence electrons. The van der Waals surface area contributed by atoms with Gasteiger partial charge in [0, 0.05) is 13.2 Å². The van der Waals surface area contributed by atoms with Crippen LogP contribution in [0.3, 0.4) is 0 Å². The molecule has 20 heavy (non-hydrogen) atoms. The Bertz CT molecular complexity index is 559. The summed E-state index contributed by atoms with van der Waals surface area (Å²) in [7, 11) is -3.19. The highest BCUT2D eigenvalue weighted by atomic mass is 32.2. The van der Waals surface area contributed by atoms with Crippen molar-refractivity contribution in [3.05, 3.63) is 29.8 Å². The SMILES string of the molecule is NCC1(NCCCCO)CCS(=O)(=O)c2ccccc21. The molecule has 0 spiro atoms. The van der Waals surface area contributed by atoms with Crippen LogP contribution in [0.15, 0.2) is 29.2 Å². The average Bonchev–Trinajstić information content (AvgIpc) is 2.46. The molecule has 1 aromatic rings. The summed E-state index contributed by atoms with van der Waals surface area (Å²) >= 11 is 0. The lowest BCUT2D eigenvalue weighted by Gasteiger charge is -2.39. The van der Waals surface area contributed by atoms with E-state index in [1.807, 2.05) is 12.1 Å². The first-order chi connectivity index (χ1) is 9.56. The second-order valence-corrected chi connectivity index (χ2v) is 7.29. The molecule has 1 aliphatic rings. The fourth-order valence-electron chi connectivity index (χ4n) is 2.72. The quantitative estimate of drug-likeness (QED) is 0.660. The van der Waals surface area contributed by atoms with Crippen LogP contribution in [-0.4, -0.2) is 39.0 Å². The summed E-state index contributed by atoms with van der Waals surface area (Å²) < 4.78 is 24.3. The van der Waals surface area contributed by atoms with Gasteiger partial charge in [-0.25, -0.2) is 8.42 Å². The van der Waals surface area contributed by atoms with Gasteiger partial charge < -0.3 is 16.2 Å². The number of nitrogens with two attached hydrogens (primary N) is 1. The van der Waals surface area contributed by atoms with Crippen molar-refractivity contribution in [3.63, 3.8) is 0 Å². The second-order valence-electron chi connectivity index (χ2n) is 5.21. The molecule has 0 saturated carbocycles. The van der Waals surface area contributed by atoms with Gasteiger partial charge in [-0.3, -0.25) is 0 Å². The summed E-state index contributed by atoms with van der Waals surface area (Å²) in [5, 5.41) is 12.2. The van der Waals surface area contributed by atoms with Gasteiger partial charge in [-0.15, -0.1) is 0 Å². The molecule has 0 saturated heterocycles. The van der Waals surface area contributed by atoms with Crippen molar-refractivity contribution in [1.29, 1.82) is 0 Å². The van der Waals surface area contributed by atoms with E-state index in [0.717, 1.165) is 18.4 Å². The summed E-state index contributed by atoms with van der Waals surface area (Å²) in [5.41, 5.74) is 6.25. The van der Waals surface area contributed by atoms with E-state index < -0.39 is 15.4 Å². The van der Waals surface area contributed by atoms with E-state index in [1.165, 1.54) is 0 Å². The van der Waals surface area contributed by atoms with Gasteiger partial charge in [0.1, 0.15) is 0 Å². The Morgan fingerprint density at radius 3 is 2.75 bits per heavy atom. The van der Waals surface area contributed by atoms with E-state index in [2.05, 4.69) is 5.32 Å². The molecule has 6 heteroatoms. The van der Waals surface area contributed by atoms with Crippen LogP contribution < -0.4 is 11.1 Å². The number of benzene rings is 1. The van der Waals surface area contributed by atoms with Gasteiger partial charge in [0.25, 0.3) is 0 Å². The van der Waals surface area contributed by atoms with Crippen molar-refractivity contribution in [2.75, 3.05) is 25.4 Å². The highest BCUT2D eigenvalue weighted by molar-refractivity contribution is 7.91. The number of aliphatic hydroxyl groups excluding tert-OH is 1. The van der Waals surface area contributed by atoms with Crippen molar-refractivity contribution in [2.45, 2.75) is 29.7 Å². The van der Waals surface area contributed by atoms with Gasteiger partial charge in [0.15, 0.2) is 9.84 Å². The minimum atomic E-state index is -3.19. The van der Waals surface area contributed by atoms with Gasteiger partial charge in [-0.2, -0.15) is 0 Å². The number of nitrogens with one attached hydrogen (secondary N) is 1. The maximum absolute atomic E-state index is 12.2. The molecule has 1 unspecified atom stereocenters. The zero-order chi connectivity index (χ0) is 14.6. The van der Waals surface area contributed by atoms with Crippen LogP contribution in [0.1, 0.15) is 24.8 Å². The first-order valence-electron chi connectivity index (χ1n) is 6.94. The van der Waals surface area contributed by atoms with Gasteiger partial charge in [0.2, 0.25) is 0 Å². The summed E-state index contributed by atoms with van der Waals surface area (Å²) in [6.45, 7) is 1.24. The van der Waals surface area contributed by atoms with E-state index in [1.54, 1.807) is 12.1 Å². The number of fused-ring (bicyclic) bond motifs is 1. The smallest absolute Gasteiger partial charge is 0.178 e. The third-order valence-corrected chi connectivity index (χ3v) is 5.70. The fraction of sp³-hybridized carbons (Fsp3) is 0.571. The fourth-order valence-corrected chi connectivity index (χ4v) is 4.44. The van der Waals surface area contributed by atoms with Crippen LogP contribution in [0.25, 0.3) is 0 Å². The molecule has 0 amide bonds. The van der Waals surface area contributed by atoms with Gasteiger partial charge >= 0.3 is 0 Å². The van der Waals surface area contributed by atoms with Gasteiger partial charge in [-0.1, -0.05) is 18.2 Å². The van der Waals surface area contributed by atoms with Crippen LogP contribution in [-0.2, 0) is 15.4 Å². The Morgan fingerprint density at radius 2 is 2.05 bits per heavy atom. The number of hydrogen-bond donors (Lipinski definition) is 3. The normalized spacial score (nSPS) is 24.3. The van der Waals surface area contributed by atoms with Crippen molar-refractivity contribution in [2.24, 2.45) is 5.73 Å². The Hall–Kier alpha value is -0.950. The minimum Gasteiger partial charge on any atom is -0.396 e. The van der Waals surface area contributed by atoms with Crippen molar-refractivity contribution >= 4 is 9.84 Å². The van der Waals surface area contributed by atoms with Crippen LogP contribution in [0.2, 0.25) is 0 Å². The molecule has 1 aromatic carbocycles. The molecule has 0 radical (unpaired) electrons. The molecule has 5 nitrogen and oxygen atoms in total. The van der Waals surface area contributed by atoms with Gasteiger partial charge in [0.05, 0.1) is 16.2 Å². The standard InChI is InChI=1S/C14H22N2O3S/c15-11-14(16-8-3-4-9-17)7-10-20(18,19)13-6-2-1-5-12(13)14/h1-2,5-6,16-17H,3-4,7-11,15H2. The third kappa shape index (κ3) is 2.88. The zero-order valence-corrected chi connectivity index (χ0v) is 12.3. The number of unbranched alkanes of at least 4 members (excludes halogenated alkanes) is 1. The van der Waals surface area contributed by atoms with E-state index in [0.29, 0.717) is 24.4 Å². The lowest BCUT2D eigenvalue weighted by molar-refractivity contribution is 0.271. The second kappa shape index (κ2) is 6.22. The van der Waals surface area contributed by atoms with Crippen molar-refractivity contribution in [3.8, 4) is 0 Å². The Labute approximate surface area is 120 Å². The van der Waals surface area contributed by atoms with E-state index >= 15 is 0 Å². The maximum atomic E-state index is 12.2. The first-order valence-corrected chi connectivity index (χ1v) is 8.59. The molecule has 0 aliphatic carbocycles. The van der Waals surface area contributed by atoms with Crippen LogP contribution >= 0.6 is 0 Å². The molecule has 1 heterocycles. The highest BCUT2D eigenvalue weighted by Gasteiger charge is 2.40. The number of hydrogen-bond acceptors (Lipinski definition) is 5. The first kappa shape index (κ1) is 15.4. The topological polar surface area (TPSA) is 92.4 Å². The summed E-state index contributed by atoms with van der Waals surface area (Å²) in [5.74, 6) is 0.119. The van der Waals surface area contributed by atoms with Crippen LogP contribution in [0.4, 0.5) is 0 Å². The number of aliphatic hydroxyl groups is 1. The van der Waals surface area contributed by atoms with E-state index in [9.17, 15) is 8.42 Å². The maximum Gasteiger partial charge on any atom is 0.178 e. The third-order valence-electron chi connectivity index (χ3n) is 3.93. The molecule has 4 N–H and O–H groups in total. The summed E-state index contributed by atoms with van der Waals surface area (Å²) in [6, 6.07) is 7.09. The molecule has 1 atom stereocenters. The Kier molecular flexibility index (Phi) is 4.80. The lowest BCUT2D eigenvalue weighted by atomic mass is 9.86. The number of rotatable bonds is 6. The largest absolute Gasteiger partial charge is 0.396 e. The predicted octanol–water partition coefficient (Wildman–Crippen LogP) is 0.380. The molecular weight excluding hydrogens is 276 g/mol. The van der Waals surface area contributed by atoms with E-state index in [4.69, 9.17) is 10.8 Å². The molecule has 0 bridgehead atoms. The van der Waals surface area contributed by atoms with Crippen LogP contribution in [0, 0.1) is 0 Å². The average molecular weight is 298 g/mol. The Balaban J connectivity index is 2.30. The molecule has 1 aliphatic heterocycles. The van der Waals surface area contributed by atoms with Crippen molar-refractivity contribution < 1.29 is 13.5 Å². The zero-order valence-electron chi connectivity index (χ0n) is 11.5. The Morgan fingerprint density at radius 1 is 1.30 bits per heavy atom. The number of sulfone groups is 1. The summed E-state index contributed by atoms with van der Waals surface area (Å²) in [6.07, 6.45) is 2.06. The minimum absolute atomic E-state index is 0.119. The van der Waals surface area contributed by atoms with Gasteiger partial charge in [-0.05, 0) is 37.4 Å². The highest BCUT2D eigenvalue weighted by Crippen LogP contribution is 2.36. The predicted molar refractivity (Wildman–Crippen MR) is 78.2 cm³/mol. The molecule has 0 aromatic heterocycles. The summed E-state index contributed by atoms with van der Waals surface area (Å²) in [4.78, 5) is 0.395. The van der Waals surface area contributed by atoms with E-state index in [-0.39, 0.29) is 12.4 Å². The molecule has 2 rings (SSSR count). The molecule has 0 fully saturated rings. The molecular formula is C14H22N2O3S. The van der Waals surface area contributed by atoms with Crippen LogP contribution in [0.5, 0.6) is 0 Å². The lowest BCUT2D eigenvalue weighted by Crippen LogP contribution is -2.52.